The first-order valence-corrected chi connectivity index (χ1v) is 11.9. The van der Waals surface area contributed by atoms with Gasteiger partial charge in [-0.05, 0) is 12.8 Å². The number of hydrogen-bond donors (Lipinski definition) is 2. The van der Waals surface area contributed by atoms with Gasteiger partial charge in [0.15, 0.2) is 0 Å². The molecule has 2 aromatic rings. The van der Waals surface area contributed by atoms with Crippen molar-refractivity contribution in [3.05, 3.63) is 71.8 Å². The predicted molar refractivity (Wildman–Crippen MR) is 125 cm³/mol. The van der Waals surface area contributed by atoms with Crippen molar-refractivity contribution in [3.8, 4) is 0 Å². The average Bonchev–Trinajstić information content (AvgIpc) is 3.65. The number of esters is 1. The van der Waals surface area contributed by atoms with Crippen LogP contribution in [0.2, 0.25) is 0 Å². The zero-order valence-electron chi connectivity index (χ0n) is 19.3. The highest BCUT2D eigenvalue weighted by molar-refractivity contribution is 5.86. The highest BCUT2D eigenvalue weighted by Crippen LogP contribution is 2.45. The topological polar surface area (TPSA) is 91.0 Å². The second kappa shape index (κ2) is 9.19. The van der Waals surface area contributed by atoms with E-state index in [1.807, 2.05) is 70.5 Å². The number of amides is 2. The third-order valence-electron chi connectivity index (χ3n) is 6.91. The third kappa shape index (κ3) is 3.97. The molecule has 3 fully saturated rings. The van der Waals surface area contributed by atoms with Crippen LogP contribution in [0.5, 0.6) is 0 Å². The Morgan fingerprint density at radius 3 is 2.24 bits per heavy atom. The molecule has 2 aromatic carbocycles. The van der Waals surface area contributed by atoms with Gasteiger partial charge in [0.05, 0.1) is 0 Å². The summed E-state index contributed by atoms with van der Waals surface area (Å²) in [5, 5.41) is 6.24. The Bertz CT molecular complexity index is 1020. The Labute approximate surface area is 199 Å². The summed E-state index contributed by atoms with van der Waals surface area (Å²) < 4.78 is 6.18. The Morgan fingerprint density at radius 1 is 1.06 bits per heavy atom. The lowest BCUT2D eigenvalue weighted by Gasteiger charge is -2.44. The van der Waals surface area contributed by atoms with Crippen LogP contribution in [-0.4, -0.2) is 71.9 Å². The summed E-state index contributed by atoms with van der Waals surface area (Å²) in [4.78, 5) is 42.3. The molecule has 2 amide bonds. The lowest BCUT2D eigenvalue weighted by Crippen LogP contribution is -2.66. The molecular formula is C26H30N4O4. The number of piperazine rings is 1. The molecule has 2 aliphatic heterocycles. The summed E-state index contributed by atoms with van der Waals surface area (Å²) in [6.45, 7) is 3.20. The largest absolute Gasteiger partial charge is 0.434 e. The standard InChI is InChI=1S/C26H30N4O4/c1-18(31)29(21-12-13-21)15-14-28-24(32)22-16-27-17-23-25(33)34-26(30(22)23,19-8-4-2-5-9-19)20-10-6-3-7-11-20/h2-11,21-23,27H,12-17H2,1H3,(H,28,32). The van der Waals surface area contributed by atoms with E-state index < -0.39 is 17.8 Å². The highest BCUT2D eigenvalue weighted by Gasteiger charge is 2.60. The number of nitrogens with zero attached hydrogens (tertiary/aromatic N) is 2. The van der Waals surface area contributed by atoms with Crippen LogP contribution in [0.15, 0.2) is 60.7 Å². The van der Waals surface area contributed by atoms with Gasteiger partial charge in [0, 0.05) is 50.3 Å². The van der Waals surface area contributed by atoms with Gasteiger partial charge in [0.1, 0.15) is 12.1 Å². The fourth-order valence-corrected chi connectivity index (χ4v) is 5.20. The SMILES string of the molecule is CC(=O)N(CCNC(=O)C1CNCC2C(=O)OC(c3ccccc3)(c3ccccc3)N12)C1CC1. The predicted octanol–water partition coefficient (Wildman–Crippen LogP) is 1.21. The van der Waals surface area contributed by atoms with Gasteiger partial charge < -0.3 is 20.3 Å². The van der Waals surface area contributed by atoms with Gasteiger partial charge in [-0.1, -0.05) is 60.7 Å². The fraction of sp³-hybridized carbons (Fsp3) is 0.423. The highest BCUT2D eigenvalue weighted by atomic mass is 16.6. The average molecular weight is 463 g/mol. The number of carbonyl (C=O) groups is 3. The maximum atomic E-state index is 13.5. The van der Waals surface area contributed by atoms with E-state index in [0.29, 0.717) is 32.2 Å². The Balaban J connectivity index is 1.45. The molecule has 1 aliphatic carbocycles. The van der Waals surface area contributed by atoms with Crippen LogP contribution in [0.1, 0.15) is 30.9 Å². The normalized spacial score (nSPS) is 23.6. The first-order valence-electron chi connectivity index (χ1n) is 11.9. The number of benzene rings is 2. The molecule has 5 rings (SSSR count). The quantitative estimate of drug-likeness (QED) is 0.602. The van der Waals surface area contributed by atoms with E-state index in [-0.39, 0.29) is 17.8 Å². The Hall–Kier alpha value is -3.23. The van der Waals surface area contributed by atoms with Crippen molar-refractivity contribution >= 4 is 17.8 Å². The van der Waals surface area contributed by atoms with Gasteiger partial charge in [-0.25, -0.2) is 4.90 Å². The summed E-state index contributed by atoms with van der Waals surface area (Å²) >= 11 is 0. The first-order chi connectivity index (χ1) is 16.5. The van der Waals surface area contributed by atoms with Crippen molar-refractivity contribution in [2.45, 2.75) is 43.6 Å². The van der Waals surface area contributed by atoms with Crippen LogP contribution in [-0.2, 0) is 24.8 Å². The number of fused-ring (bicyclic) bond motifs is 1. The monoisotopic (exact) mass is 462 g/mol. The van der Waals surface area contributed by atoms with Crippen molar-refractivity contribution in [1.82, 2.24) is 20.4 Å². The molecule has 2 atom stereocenters. The molecule has 0 aromatic heterocycles. The van der Waals surface area contributed by atoms with Crippen molar-refractivity contribution in [2.24, 2.45) is 0 Å². The van der Waals surface area contributed by atoms with E-state index >= 15 is 0 Å². The van der Waals surface area contributed by atoms with Crippen LogP contribution in [0, 0.1) is 0 Å². The second-order valence-corrected chi connectivity index (χ2v) is 9.13. The van der Waals surface area contributed by atoms with E-state index in [2.05, 4.69) is 10.6 Å². The molecular weight excluding hydrogens is 432 g/mol. The summed E-state index contributed by atoms with van der Waals surface area (Å²) in [5.74, 6) is -0.512. The number of carbonyl (C=O) groups excluding carboxylic acids is 3. The number of nitrogens with one attached hydrogen (secondary N) is 2. The molecule has 0 bridgehead atoms. The number of ether oxygens (including phenoxy) is 1. The van der Waals surface area contributed by atoms with Gasteiger partial charge in [-0.15, -0.1) is 0 Å². The first kappa shape index (κ1) is 22.6. The summed E-state index contributed by atoms with van der Waals surface area (Å²) in [6.07, 6.45) is 2.04. The number of cyclic esters (lactones) is 1. The Morgan fingerprint density at radius 2 is 1.68 bits per heavy atom. The maximum absolute atomic E-state index is 13.5. The minimum atomic E-state index is -1.20. The molecule has 0 radical (unpaired) electrons. The Kier molecular flexibility index (Phi) is 6.10. The van der Waals surface area contributed by atoms with Crippen molar-refractivity contribution < 1.29 is 19.1 Å². The van der Waals surface area contributed by atoms with Crippen LogP contribution in [0.25, 0.3) is 0 Å². The molecule has 2 unspecified atom stereocenters. The molecule has 8 heteroatoms. The van der Waals surface area contributed by atoms with Crippen molar-refractivity contribution in [2.75, 3.05) is 26.2 Å². The molecule has 1 saturated carbocycles. The minimum Gasteiger partial charge on any atom is -0.434 e. The van der Waals surface area contributed by atoms with Gasteiger partial charge in [0.2, 0.25) is 17.5 Å². The van der Waals surface area contributed by atoms with Crippen molar-refractivity contribution in [3.63, 3.8) is 0 Å². The van der Waals surface area contributed by atoms with E-state index in [1.54, 1.807) is 6.92 Å². The lowest BCUT2D eigenvalue weighted by molar-refractivity contribution is -0.153. The third-order valence-corrected chi connectivity index (χ3v) is 6.91. The molecule has 34 heavy (non-hydrogen) atoms. The smallest absolute Gasteiger partial charge is 0.327 e. The molecule has 8 nitrogen and oxygen atoms in total. The van der Waals surface area contributed by atoms with Crippen LogP contribution in [0.3, 0.4) is 0 Å². The summed E-state index contributed by atoms with van der Waals surface area (Å²) in [7, 11) is 0. The maximum Gasteiger partial charge on any atom is 0.327 e. The number of rotatable bonds is 7. The minimum absolute atomic E-state index is 0.0295. The molecule has 178 valence electrons. The van der Waals surface area contributed by atoms with E-state index in [0.717, 1.165) is 24.0 Å². The van der Waals surface area contributed by atoms with E-state index in [1.165, 1.54) is 0 Å². The number of hydrogen-bond acceptors (Lipinski definition) is 6. The van der Waals surface area contributed by atoms with Gasteiger partial charge >= 0.3 is 5.97 Å². The zero-order chi connectivity index (χ0) is 23.7. The second-order valence-electron chi connectivity index (χ2n) is 9.13. The van der Waals surface area contributed by atoms with Crippen LogP contribution >= 0.6 is 0 Å². The summed E-state index contributed by atoms with van der Waals surface area (Å²) in [6, 6.07) is 18.3. The fourth-order valence-electron chi connectivity index (χ4n) is 5.20. The molecule has 2 heterocycles. The lowest BCUT2D eigenvalue weighted by atomic mass is 9.90. The van der Waals surface area contributed by atoms with Gasteiger partial charge in [0.25, 0.3) is 0 Å². The molecule has 2 saturated heterocycles. The van der Waals surface area contributed by atoms with Crippen LogP contribution < -0.4 is 10.6 Å². The molecule has 0 spiro atoms. The van der Waals surface area contributed by atoms with Crippen LogP contribution in [0.4, 0.5) is 0 Å². The van der Waals surface area contributed by atoms with E-state index in [9.17, 15) is 14.4 Å². The van der Waals surface area contributed by atoms with Crippen molar-refractivity contribution in [1.29, 1.82) is 0 Å². The zero-order valence-corrected chi connectivity index (χ0v) is 19.3. The van der Waals surface area contributed by atoms with Gasteiger partial charge in [-0.2, -0.15) is 0 Å². The summed E-state index contributed by atoms with van der Waals surface area (Å²) in [5.41, 5.74) is 0.398. The van der Waals surface area contributed by atoms with Gasteiger partial charge in [-0.3, -0.25) is 14.4 Å². The molecule has 3 aliphatic rings. The molecule has 2 N–H and O–H groups in total. The van der Waals surface area contributed by atoms with E-state index in [4.69, 9.17) is 4.74 Å².